The van der Waals surface area contributed by atoms with Crippen molar-refractivity contribution >= 4 is 11.6 Å². The molecule has 0 fully saturated rings. The molecule has 0 unspecified atom stereocenters. The average molecular weight is 431 g/mol. The number of hydrogen-bond donors (Lipinski definition) is 1. The highest BCUT2D eigenvalue weighted by Gasteiger charge is 2.16. The minimum atomic E-state index is -0.314. The third-order valence-electron chi connectivity index (χ3n) is 4.68. The summed E-state index contributed by atoms with van der Waals surface area (Å²) in [7, 11) is 3.02. The second-order valence-corrected chi connectivity index (χ2v) is 6.70. The van der Waals surface area contributed by atoms with E-state index in [9.17, 15) is 4.79 Å². The monoisotopic (exact) mass is 431 g/mol. The van der Waals surface area contributed by atoms with E-state index in [0.29, 0.717) is 40.2 Å². The van der Waals surface area contributed by atoms with Crippen molar-refractivity contribution in [3.63, 3.8) is 0 Å². The molecule has 0 aliphatic rings. The van der Waals surface area contributed by atoms with Gasteiger partial charge in [-0.05, 0) is 49.4 Å². The van der Waals surface area contributed by atoms with Gasteiger partial charge in [-0.15, -0.1) is 10.2 Å². The lowest BCUT2D eigenvalue weighted by molar-refractivity contribution is 0.102. The van der Waals surface area contributed by atoms with Crippen molar-refractivity contribution in [1.82, 2.24) is 19.7 Å². The van der Waals surface area contributed by atoms with Gasteiger partial charge in [-0.3, -0.25) is 9.36 Å². The van der Waals surface area contributed by atoms with E-state index in [0.717, 1.165) is 5.82 Å². The molecule has 4 aromatic rings. The molecule has 9 nitrogen and oxygen atoms in total. The Balaban J connectivity index is 1.43. The molecule has 0 saturated carbocycles. The number of carbonyl (C=O) groups excluding carboxylic acids is 1. The number of amides is 1. The van der Waals surface area contributed by atoms with Crippen LogP contribution < -0.4 is 19.5 Å². The van der Waals surface area contributed by atoms with Crippen molar-refractivity contribution in [2.75, 3.05) is 19.5 Å². The molecule has 2 aromatic heterocycles. The second kappa shape index (κ2) is 9.17. The molecular weight excluding hydrogens is 410 g/mol. The van der Waals surface area contributed by atoms with Gasteiger partial charge in [0.25, 0.3) is 5.91 Å². The molecule has 1 N–H and O–H groups in total. The Morgan fingerprint density at radius 2 is 1.78 bits per heavy atom. The zero-order valence-corrected chi connectivity index (χ0v) is 17.8. The Morgan fingerprint density at radius 3 is 2.41 bits per heavy atom. The summed E-state index contributed by atoms with van der Waals surface area (Å²) in [6, 6.07) is 15.6. The molecule has 0 radical (unpaired) electrons. The molecule has 1 amide bonds. The number of carbonyl (C=O) groups is 1. The van der Waals surface area contributed by atoms with Gasteiger partial charge in [0.05, 0.1) is 19.8 Å². The number of ether oxygens (including phenoxy) is 3. The number of nitrogens with one attached hydrogen (secondary N) is 1. The third kappa shape index (κ3) is 4.36. The lowest BCUT2D eigenvalue weighted by atomic mass is 10.1. The highest BCUT2D eigenvalue weighted by atomic mass is 16.5. The molecule has 162 valence electrons. The van der Waals surface area contributed by atoms with E-state index >= 15 is 0 Å². The van der Waals surface area contributed by atoms with Gasteiger partial charge in [0.2, 0.25) is 5.88 Å². The number of hydrogen-bond acceptors (Lipinski definition) is 7. The first-order valence-electron chi connectivity index (χ1n) is 9.73. The van der Waals surface area contributed by atoms with Crippen LogP contribution in [0.3, 0.4) is 0 Å². The smallest absolute Gasteiger partial charge is 0.259 e. The highest BCUT2D eigenvalue weighted by Crippen LogP contribution is 2.31. The molecule has 0 spiro atoms. The summed E-state index contributed by atoms with van der Waals surface area (Å²) >= 11 is 0. The van der Waals surface area contributed by atoms with Gasteiger partial charge >= 0.3 is 0 Å². The van der Waals surface area contributed by atoms with Crippen LogP contribution in [0.4, 0.5) is 5.69 Å². The predicted octanol–water partition coefficient (Wildman–Crippen LogP) is 4.03. The second-order valence-electron chi connectivity index (χ2n) is 6.70. The SMILES string of the molecule is COc1cccc(C(=O)Nc2ccc(Oc3ccc(-n4ccnc4C)nn3)cc2)c1OC. The van der Waals surface area contributed by atoms with Crippen LogP contribution in [0.15, 0.2) is 67.0 Å². The van der Waals surface area contributed by atoms with Crippen molar-refractivity contribution in [3.8, 4) is 28.9 Å². The minimum Gasteiger partial charge on any atom is -0.493 e. The molecule has 4 rings (SSSR count). The molecule has 9 heteroatoms. The van der Waals surface area contributed by atoms with Gasteiger partial charge < -0.3 is 19.5 Å². The standard InChI is InChI=1S/C23H21N5O4/c1-15-24-13-14-28(15)20-11-12-21(27-26-20)32-17-9-7-16(8-10-17)25-23(29)18-5-4-6-19(30-2)22(18)31-3/h4-14H,1-3H3,(H,25,29). The lowest BCUT2D eigenvalue weighted by Gasteiger charge is -2.13. The van der Waals surface area contributed by atoms with Gasteiger partial charge in [-0.25, -0.2) is 4.98 Å². The maximum absolute atomic E-state index is 12.7. The van der Waals surface area contributed by atoms with Crippen LogP contribution in [0.1, 0.15) is 16.2 Å². The first kappa shape index (κ1) is 20.9. The fourth-order valence-electron chi connectivity index (χ4n) is 3.11. The van der Waals surface area contributed by atoms with Gasteiger partial charge in [0.15, 0.2) is 17.3 Å². The lowest BCUT2D eigenvalue weighted by Crippen LogP contribution is -2.13. The topological polar surface area (TPSA) is 100 Å². The van der Waals surface area contributed by atoms with Crippen LogP contribution in [0.25, 0.3) is 5.82 Å². The zero-order chi connectivity index (χ0) is 22.5. The fourth-order valence-corrected chi connectivity index (χ4v) is 3.11. The van der Waals surface area contributed by atoms with E-state index in [1.807, 2.05) is 17.7 Å². The Bertz CT molecular complexity index is 1220. The van der Waals surface area contributed by atoms with Gasteiger partial charge in [0, 0.05) is 24.1 Å². The summed E-state index contributed by atoms with van der Waals surface area (Å²) in [5.41, 5.74) is 0.972. The quantitative estimate of drug-likeness (QED) is 0.471. The zero-order valence-electron chi connectivity index (χ0n) is 17.8. The summed E-state index contributed by atoms with van der Waals surface area (Å²) < 4.78 is 18.1. The van der Waals surface area contributed by atoms with Crippen molar-refractivity contribution < 1.29 is 19.0 Å². The van der Waals surface area contributed by atoms with E-state index < -0.39 is 0 Å². The first-order chi connectivity index (χ1) is 15.6. The molecule has 0 saturated heterocycles. The van der Waals surface area contributed by atoms with Crippen LogP contribution in [-0.4, -0.2) is 39.9 Å². The van der Waals surface area contributed by atoms with E-state index in [-0.39, 0.29) is 5.91 Å². The fraction of sp³-hybridized carbons (Fsp3) is 0.130. The number of benzene rings is 2. The molecule has 0 atom stereocenters. The third-order valence-corrected chi connectivity index (χ3v) is 4.68. The number of anilines is 1. The van der Waals surface area contributed by atoms with E-state index in [1.165, 1.54) is 14.2 Å². The Morgan fingerprint density at radius 1 is 0.969 bits per heavy atom. The van der Waals surface area contributed by atoms with Crippen molar-refractivity contribution in [2.24, 2.45) is 0 Å². The van der Waals surface area contributed by atoms with Crippen LogP contribution in [0.2, 0.25) is 0 Å². The highest BCUT2D eigenvalue weighted by molar-refractivity contribution is 6.06. The molecule has 2 aromatic carbocycles. The van der Waals surface area contributed by atoms with Crippen LogP contribution in [-0.2, 0) is 0 Å². The Labute approximate surface area is 184 Å². The summed E-state index contributed by atoms with van der Waals surface area (Å²) in [6.07, 6.45) is 3.51. The number of aryl methyl sites for hydroxylation is 1. The van der Waals surface area contributed by atoms with Gasteiger partial charge in [-0.1, -0.05) is 6.07 Å². The Kier molecular flexibility index (Phi) is 5.98. The van der Waals surface area contributed by atoms with Crippen LogP contribution in [0, 0.1) is 6.92 Å². The molecular formula is C23H21N5O4. The largest absolute Gasteiger partial charge is 0.493 e. The van der Waals surface area contributed by atoms with Crippen LogP contribution >= 0.6 is 0 Å². The number of para-hydroxylation sites is 1. The Hall–Kier alpha value is -4.40. The molecule has 32 heavy (non-hydrogen) atoms. The summed E-state index contributed by atoms with van der Waals surface area (Å²) in [6.45, 7) is 1.89. The number of nitrogens with zero attached hydrogens (tertiary/aromatic N) is 4. The van der Waals surface area contributed by atoms with Gasteiger partial charge in [0.1, 0.15) is 11.6 Å². The van der Waals surface area contributed by atoms with E-state index in [4.69, 9.17) is 14.2 Å². The number of rotatable bonds is 7. The predicted molar refractivity (Wildman–Crippen MR) is 118 cm³/mol. The number of methoxy groups -OCH3 is 2. The normalized spacial score (nSPS) is 10.5. The average Bonchev–Trinajstić information content (AvgIpc) is 3.26. The number of imidazole rings is 1. The van der Waals surface area contributed by atoms with E-state index in [1.54, 1.807) is 60.8 Å². The first-order valence-corrected chi connectivity index (χ1v) is 9.73. The van der Waals surface area contributed by atoms with Crippen molar-refractivity contribution in [1.29, 1.82) is 0 Å². The molecule has 0 bridgehead atoms. The molecule has 0 aliphatic heterocycles. The maximum Gasteiger partial charge on any atom is 0.259 e. The number of aromatic nitrogens is 4. The molecule has 0 aliphatic carbocycles. The van der Waals surface area contributed by atoms with Crippen molar-refractivity contribution in [3.05, 3.63) is 78.4 Å². The summed E-state index contributed by atoms with van der Waals surface area (Å²) in [5.74, 6) is 2.92. The molecule has 2 heterocycles. The maximum atomic E-state index is 12.7. The van der Waals surface area contributed by atoms with Crippen molar-refractivity contribution in [2.45, 2.75) is 6.92 Å². The summed E-state index contributed by atoms with van der Waals surface area (Å²) in [5, 5.41) is 11.1. The van der Waals surface area contributed by atoms with Gasteiger partial charge in [-0.2, -0.15) is 0 Å². The summed E-state index contributed by atoms with van der Waals surface area (Å²) in [4.78, 5) is 16.9. The minimum absolute atomic E-state index is 0.314. The van der Waals surface area contributed by atoms with E-state index in [2.05, 4.69) is 20.5 Å². The van der Waals surface area contributed by atoms with Crippen LogP contribution in [0.5, 0.6) is 23.1 Å².